The maximum atomic E-state index is 9.11. The Kier molecular flexibility index (Phi) is 3.28. The van der Waals surface area contributed by atoms with Crippen LogP contribution >= 0.6 is 11.8 Å². The van der Waals surface area contributed by atoms with E-state index in [0.717, 1.165) is 23.3 Å². The smallest absolute Gasteiger partial charge is 0.256 e. The summed E-state index contributed by atoms with van der Waals surface area (Å²) in [7, 11) is 0. The van der Waals surface area contributed by atoms with Crippen molar-refractivity contribution >= 4 is 22.9 Å². The molecule has 15 heavy (non-hydrogen) atoms. The van der Waals surface area contributed by atoms with Gasteiger partial charge in [0.05, 0.1) is 6.10 Å². The van der Waals surface area contributed by atoms with Crippen molar-refractivity contribution in [3.8, 4) is 0 Å². The normalized spacial score (nSPS) is 13.2. The highest BCUT2D eigenvalue weighted by molar-refractivity contribution is 7.99. The Morgan fingerprint density at radius 3 is 3.00 bits per heavy atom. The first-order valence-corrected chi connectivity index (χ1v) is 5.91. The van der Waals surface area contributed by atoms with E-state index in [9.17, 15) is 0 Å². The zero-order valence-corrected chi connectivity index (χ0v) is 9.33. The van der Waals surface area contributed by atoms with Crippen LogP contribution < -0.4 is 0 Å². The highest BCUT2D eigenvalue weighted by Gasteiger charge is 2.05. The molecule has 0 saturated carbocycles. The van der Waals surface area contributed by atoms with Crippen LogP contribution in [0.3, 0.4) is 0 Å². The summed E-state index contributed by atoms with van der Waals surface area (Å²) in [5.74, 6) is 0.824. The zero-order chi connectivity index (χ0) is 10.7. The second-order valence-corrected chi connectivity index (χ2v) is 4.48. The van der Waals surface area contributed by atoms with Crippen LogP contribution in [-0.2, 0) is 0 Å². The van der Waals surface area contributed by atoms with E-state index in [4.69, 9.17) is 9.52 Å². The van der Waals surface area contributed by atoms with Gasteiger partial charge in [0, 0.05) is 5.75 Å². The van der Waals surface area contributed by atoms with Crippen LogP contribution in [0.5, 0.6) is 0 Å². The van der Waals surface area contributed by atoms with Crippen molar-refractivity contribution in [2.24, 2.45) is 0 Å². The summed E-state index contributed by atoms with van der Waals surface area (Å²) in [4.78, 5) is 4.32. The van der Waals surface area contributed by atoms with E-state index in [1.54, 1.807) is 6.92 Å². The third kappa shape index (κ3) is 2.73. The molecule has 1 heterocycles. The Morgan fingerprint density at radius 1 is 1.47 bits per heavy atom. The molecule has 0 aliphatic heterocycles. The quantitative estimate of drug-likeness (QED) is 0.809. The lowest BCUT2D eigenvalue weighted by atomic mass is 10.3. The Morgan fingerprint density at radius 2 is 2.27 bits per heavy atom. The maximum Gasteiger partial charge on any atom is 0.256 e. The number of aliphatic hydroxyl groups excluding tert-OH is 1. The molecule has 1 aromatic heterocycles. The van der Waals surface area contributed by atoms with Crippen molar-refractivity contribution in [2.45, 2.75) is 24.7 Å². The minimum Gasteiger partial charge on any atom is -0.431 e. The van der Waals surface area contributed by atoms with Gasteiger partial charge >= 0.3 is 0 Å². The minimum atomic E-state index is -0.262. The van der Waals surface area contributed by atoms with E-state index in [-0.39, 0.29) is 6.10 Å². The van der Waals surface area contributed by atoms with Gasteiger partial charge in [0.1, 0.15) is 5.52 Å². The fourth-order valence-electron chi connectivity index (χ4n) is 1.23. The molecule has 0 saturated heterocycles. The average molecular weight is 223 g/mol. The van der Waals surface area contributed by atoms with E-state index < -0.39 is 0 Å². The molecule has 0 amide bonds. The fraction of sp³-hybridized carbons (Fsp3) is 0.364. The predicted molar refractivity (Wildman–Crippen MR) is 61.0 cm³/mol. The molecule has 1 atom stereocenters. The molecule has 0 fully saturated rings. The summed E-state index contributed by atoms with van der Waals surface area (Å²) < 4.78 is 5.52. The number of thioether (sulfide) groups is 1. The lowest BCUT2D eigenvalue weighted by Crippen LogP contribution is -2.00. The van der Waals surface area contributed by atoms with Crippen LogP contribution in [0.2, 0.25) is 0 Å². The van der Waals surface area contributed by atoms with Crippen molar-refractivity contribution < 1.29 is 9.52 Å². The first-order valence-electron chi connectivity index (χ1n) is 4.92. The average Bonchev–Trinajstić information content (AvgIpc) is 2.59. The van der Waals surface area contributed by atoms with Gasteiger partial charge in [-0.25, -0.2) is 4.98 Å². The molecule has 0 spiro atoms. The lowest BCUT2D eigenvalue weighted by Gasteiger charge is -1.99. The molecular weight excluding hydrogens is 210 g/mol. The first kappa shape index (κ1) is 10.5. The number of benzene rings is 1. The van der Waals surface area contributed by atoms with Gasteiger partial charge in [0.25, 0.3) is 5.22 Å². The van der Waals surface area contributed by atoms with Gasteiger partial charge in [0.2, 0.25) is 0 Å². The molecule has 80 valence electrons. The van der Waals surface area contributed by atoms with Crippen LogP contribution in [0, 0.1) is 0 Å². The van der Waals surface area contributed by atoms with Crippen molar-refractivity contribution in [3.05, 3.63) is 24.3 Å². The van der Waals surface area contributed by atoms with Gasteiger partial charge in [-0.1, -0.05) is 23.9 Å². The molecule has 0 bridgehead atoms. The first-order chi connectivity index (χ1) is 7.25. The number of para-hydroxylation sites is 2. The van der Waals surface area contributed by atoms with E-state index in [2.05, 4.69) is 4.98 Å². The number of hydrogen-bond acceptors (Lipinski definition) is 4. The number of rotatable bonds is 4. The summed E-state index contributed by atoms with van der Waals surface area (Å²) in [6, 6.07) is 7.70. The standard InChI is InChI=1S/C11H13NO2S/c1-8(13)6-7-15-11-12-9-4-2-3-5-10(9)14-11/h2-5,8,13H,6-7H2,1H3. The summed E-state index contributed by atoms with van der Waals surface area (Å²) >= 11 is 1.54. The summed E-state index contributed by atoms with van der Waals surface area (Å²) in [5.41, 5.74) is 1.70. The third-order valence-corrected chi connectivity index (χ3v) is 2.90. The Bertz CT molecular complexity index is 406. The largest absolute Gasteiger partial charge is 0.431 e. The molecule has 0 radical (unpaired) electrons. The van der Waals surface area contributed by atoms with Crippen LogP contribution in [0.25, 0.3) is 11.1 Å². The molecule has 1 aromatic carbocycles. The number of fused-ring (bicyclic) bond motifs is 1. The Balaban J connectivity index is 2.03. The SMILES string of the molecule is CC(O)CCSc1nc2ccccc2o1. The lowest BCUT2D eigenvalue weighted by molar-refractivity contribution is 0.192. The van der Waals surface area contributed by atoms with Crippen molar-refractivity contribution in [3.63, 3.8) is 0 Å². The summed E-state index contributed by atoms with van der Waals surface area (Å²) in [6.45, 7) is 1.78. The van der Waals surface area contributed by atoms with Crippen molar-refractivity contribution in [1.29, 1.82) is 0 Å². The highest BCUT2D eigenvalue weighted by atomic mass is 32.2. The number of hydrogen-bond donors (Lipinski definition) is 1. The predicted octanol–water partition coefficient (Wildman–Crippen LogP) is 2.69. The Hall–Kier alpha value is -1.00. The van der Waals surface area contributed by atoms with E-state index in [1.165, 1.54) is 11.8 Å². The van der Waals surface area contributed by atoms with Crippen molar-refractivity contribution in [2.75, 3.05) is 5.75 Å². The summed E-state index contributed by atoms with van der Waals surface area (Å²) in [5, 5.41) is 9.78. The van der Waals surface area contributed by atoms with Gasteiger partial charge in [-0.15, -0.1) is 0 Å². The second kappa shape index (κ2) is 4.68. The van der Waals surface area contributed by atoms with Gasteiger partial charge in [-0.2, -0.15) is 0 Å². The molecule has 3 nitrogen and oxygen atoms in total. The van der Waals surface area contributed by atoms with E-state index in [0.29, 0.717) is 5.22 Å². The molecular formula is C11H13NO2S. The van der Waals surface area contributed by atoms with Gasteiger partial charge in [-0.05, 0) is 25.5 Å². The highest BCUT2D eigenvalue weighted by Crippen LogP contribution is 2.23. The molecule has 0 aliphatic rings. The van der Waals surface area contributed by atoms with Gasteiger partial charge in [0.15, 0.2) is 5.58 Å². The van der Waals surface area contributed by atoms with Crippen molar-refractivity contribution in [1.82, 2.24) is 4.98 Å². The topological polar surface area (TPSA) is 46.3 Å². The van der Waals surface area contributed by atoms with Crippen LogP contribution in [0.4, 0.5) is 0 Å². The molecule has 2 rings (SSSR count). The molecule has 2 aromatic rings. The van der Waals surface area contributed by atoms with Crippen LogP contribution in [-0.4, -0.2) is 21.9 Å². The number of aliphatic hydroxyl groups is 1. The van der Waals surface area contributed by atoms with Crippen LogP contribution in [0.15, 0.2) is 33.9 Å². The van der Waals surface area contributed by atoms with E-state index in [1.807, 2.05) is 24.3 Å². The second-order valence-electron chi connectivity index (χ2n) is 3.43. The summed E-state index contributed by atoms with van der Waals surface area (Å²) in [6.07, 6.45) is 0.491. The zero-order valence-electron chi connectivity index (χ0n) is 8.51. The molecule has 0 aliphatic carbocycles. The monoisotopic (exact) mass is 223 g/mol. The molecule has 4 heteroatoms. The van der Waals surface area contributed by atoms with Gasteiger partial charge < -0.3 is 9.52 Å². The van der Waals surface area contributed by atoms with E-state index >= 15 is 0 Å². The van der Waals surface area contributed by atoms with Crippen LogP contribution in [0.1, 0.15) is 13.3 Å². The maximum absolute atomic E-state index is 9.11. The molecule has 1 unspecified atom stereocenters. The number of oxazole rings is 1. The number of nitrogens with zero attached hydrogens (tertiary/aromatic N) is 1. The number of aromatic nitrogens is 1. The minimum absolute atomic E-state index is 0.262. The Labute approximate surface area is 92.5 Å². The molecule has 1 N–H and O–H groups in total. The third-order valence-electron chi connectivity index (χ3n) is 2.04. The fourth-order valence-corrected chi connectivity index (χ4v) is 2.17. The van der Waals surface area contributed by atoms with Gasteiger partial charge in [-0.3, -0.25) is 0 Å².